The van der Waals surface area contributed by atoms with Gasteiger partial charge < -0.3 is 14.8 Å². The number of anilines is 1. The summed E-state index contributed by atoms with van der Waals surface area (Å²) in [6.45, 7) is 0.102. The molecule has 0 aliphatic carbocycles. The standard InChI is InChI=1S/C16H11F2NO3/c17-11-3-1-2-8(16(11)18)9-5-15(20)19-12-6-14-13(4-10(9)12)21-7-22-14/h1-4,6,9H,5,7H2,(H,19,20). The molecule has 112 valence electrons. The van der Waals surface area contributed by atoms with Crippen LogP contribution in [-0.2, 0) is 4.79 Å². The molecule has 0 saturated heterocycles. The van der Waals surface area contributed by atoms with Crippen LogP contribution < -0.4 is 14.8 Å². The third-order valence-electron chi connectivity index (χ3n) is 3.94. The van der Waals surface area contributed by atoms with Crippen molar-refractivity contribution >= 4 is 11.6 Å². The van der Waals surface area contributed by atoms with Crippen LogP contribution in [0.1, 0.15) is 23.5 Å². The first kappa shape index (κ1) is 13.1. The van der Waals surface area contributed by atoms with E-state index in [4.69, 9.17) is 9.47 Å². The molecule has 0 radical (unpaired) electrons. The minimum atomic E-state index is -0.925. The Morgan fingerprint density at radius 3 is 2.68 bits per heavy atom. The van der Waals surface area contributed by atoms with Crippen LogP contribution in [0.4, 0.5) is 14.5 Å². The second-order valence-electron chi connectivity index (χ2n) is 5.24. The SMILES string of the molecule is O=C1CC(c2cccc(F)c2F)c2cc3c(cc2N1)OCO3. The smallest absolute Gasteiger partial charge is 0.231 e. The highest BCUT2D eigenvalue weighted by Crippen LogP contribution is 2.45. The summed E-state index contributed by atoms with van der Waals surface area (Å²) in [4.78, 5) is 11.9. The number of halogens is 2. The molecule has 0 fully saturated rings. The van der Waals surface area contributed by atoms with Gasteiger partial charge in [0.25, 0.3) is 0 Å². The van der Waals surface area contributed by atoms with Gasteiger partial charge >= 0.3 is 0 Å². The summed E-state index contributed by atoms with van der Waals surface area (Å²) in [5.41, 5.74) is 1.39. The van der Waals surface area contributed by atoms with Gasteiger partial charge in [-0.05, 0) is 23.3 Å². The molecule has 2 aromatic carbocycles. The van der Waals surface area contributed by atoms with Gasteiger partial charge in [0.2, 0.25) is 12.7 Å². The maximum atomic E-state index is 14.1. The predicted octanol–water partition coefficient (Wildman–Crippen LogP) is 3.17. The zero-order valence-electron chi connectivity index (χ0n) is 11.4. The zero-order chi connectivity index (χ0) is 15.3. The second-order valence-corrected chi connectivity index (χ2v) is 5.24. The molecular weight excluding hydrogens is 292 g/mol. The van der Waals surface area contributed by atoms with Gasteiger partial charge in [-0.3, -0.25) is 4.79 Å². The third kappa shape index (κ3) is 1.91. The fourth-order valence-electron chi connectivity index (χ4n) is 2.92. The molecule has 0 saturated carbocycles. The highest BCUT2D eigenvalue weighted by Gasteiger charge is 2.31. The van der Waals surface area contributed by atoms with Crippen molar-refractivity contribution in [2.45, 2.75) is 12.3 Å². The molecule has 2 heterocycles. The van der Waals surface area contributed by atoms with Gasteiger partial charge in [-0.2, -0.15) is 0 Å². The molecule has 2 aliphatic heterocycles. The number of amides is 1. The number of fused-ring (bicyclic) bond motifs is 2. The lowest BCUT2D eigenvalue weighted by atomic mass is 9.84. The molecule has 4 nitrogen and oxygen atoms in total. The summed E-state index contributed by atoms with van der Waals surface area (Å²) < 4.78 is 38.2. The number of hydrogen-bond donors (Lipinski definition) is 1. The van der Waals surface area contributed by atoms with E-state index in [-0.39, 0.29) is 24.7 Å². The number of ether oxygens (including phenoxy) is 2. The van der Waals surface area contributed by atoms with Crippen LogP contribution in [0.2, 0.25) is 0 Å². The average molecular weight is 303 g/mol. The van der Waals surface area contributed by atoms with Gasteiger partial charge in [0.15, 0.2) is 23.1 Å². The van der Waals surface area contributed by atoms with Gasteiger partial charge in [-0.1, -0.05) is 12.1 Å². The summed E-state index contributed by atoms with van der Waals surface area (Å²) in [6.07, 6.45) is 0.0486. The summed E-state index contributed by atoms with van der Waals surface area (Å²) in [5, 5.41) is 2.73. The Bertz CT molecular complexity index is 791. The quantitative estimate of drug-likeness (QED) is 0.880. The highest BCUT2D eigenvalue weighted by molar-refractivity contribution is 5.96. The van der Waals surface area contributed by atoms with Crippen LogP contribution in [0.3, 0.4) is 0 Å². The van der Waals surface area contributed by atoms with Gasteiger partial charge in [-0.25, -0.2) is 8.78 Å². The van der Waals surface area contributed by atoms with Crippen molar-refractivity contribution in [1.29, 1.82) is 0 Å². The Labute approximate surface area is 124 Å². The largest absolute Gasteiger partial charge is 0.454 e. The van der Waals surface area contributed by atoms with Crippen LogP contribution in [0.5, 0.6) is 11.5 Å². The maximum Gasteiger partial charge on any atom is 0.231 e. The summed E-state index contributed by atoms with van der Waals surface area (Å²) in [5.74, 6) is -1.60. The molecule has 2 aliphatic rings. The van der Waals surface area contributed by atoms with Crippen molar-refractivity contribution in [2.24, 2.45) is 0 Å². The third-order valence-corrected chi connectivity index (χ3v) is 3.94. The Kier molecular flexibility index (Phi) is 2.79. The van der Waals surface area contributed by atoms with E-state index in [9.17, 15) is 13.6 Å². The second kappa shape index (κ2) is 4.69. The van der Waals surface area contributed by atoms with Gasteiger partial charge in [-0.15, -0.1) is 0 Å². The normalized spacial score (nSPS) is 18.8. The number of nitrogens with one attached hydrogen (secondary N) is 1. The van der Waals surface area contributed by atoms with E-state index in [1.54, 1.807) is 12.1 Å². The molecular formula is C16H11F2NO3. The summed E-state index contributed by atoms with van der Waals surface area (Å²) >= 11 is 0. The van der Waals surface area contributed by atoms with Crippen LogP contribution in [0.15, 0.2) is 30.3 Å². The Hall–Kier alpha value is -2.63. The average Bonchev–Trinajstić information content (AvgIpc) is 2.94. The van der Waals surface area contributed by atoms with Gasteiger partial charge in [0.05, 0.1) is 0 Å². The molecule has 1 amide bonds. The van der Waals surface area contributed by atoms with Crippen LogP contribution >= 0.6 is 0 Å². The number of benzene rings is 2. The molecule has 0 aromatic heterocycles. The minimum Gasteiger partial charge on any atom is -0.454 e. The minimum absolute atomic E-state index is 0.0486. The van der Waals surface area contributed by atoms with E-state index in [0.717, 1.165) is 6.07 Å². The highest BCUT2D eigenvalue weighted by atomic mass is 19.2. The first-order chi connectivity index (χ1) is 10.6. The lowest BCUT2D eigenvalue weighted by molar-refractivity contribution is -0.116. The van der Waals surface area contributed by atoms with Crippen molar-refractivity contribution in [3.05, 3.63) is 53.1 Å². The molecule has 4 rings (SSSR count). The fraction of sp³-hybridized carbons (Fsp3) is 0.188. The van der Waals surface area contributed by atoms with E-state index in [2.05, 4.69) is 5.32 Å². The molecule has 6 heteroatoms. The van der Waals surface area contributed by atoms with Crippen molar-refractivity contribution in [2.75, 3.05) is 12.1 Å². The van der Waals surface area contributed by atoms with Crippen molar-refractivity contribution < 1.29 is 23.0 Å². The summed E-state index contributed by atoms with van der Waals surface area (Å²) in [6, 6.07) is 7.36. The molecule has 1 N–H and O–H groups in total. The zero-order valence-corrected chi connectivity index (χ0v) is 11.4. The van der Waals surface area contributed by atoms with E-state index >= 15 is 0 Å². The van der Waals surface area contributed by atoms with Gasteiger partial charge in [0.1, 0.15) is 0 Å². The van der Waals surface area contributed by atoms with E-state index in [1.807, 2.05) is 0 Å². The van der Waals surface area contributed by atoms with E-state index in [0.29, 0.717) is 22.7 Å². The fourth-order valence-corrected chi connectivity index (χ4v) is 2.92. The molecule has 0 spiro atoms. The Morgan fingerprint density at radius 2 is 1.86 bits per heavy atom. The van der Waals surface area contributed by atoms with Crippen molar-refractivity contribution in [1.82, 2.24) is 0 Å². The van der Waals surface area contributed by atoms with Crippen molar-refractivity contribution in [3.8, 4) is 11.5 Å². The number of rotatable bonds is 1. The molecule has 0 bridgehead atoms. The summed E-state index contributed by atoms with van der Waals surface area (Å²) in [7, 11) is 0. The number of carbonyl (C=O) groups excluding carboxylic acids is 1. The first-order valence-electron chi connectivity index (χ1n) is 6.81. The monoisotopic (exact) mass is 303 g/mol. The van der Waals surface area contributed by atoms with Crippen molar-refractivity contribution in [3.63, 3.8) is 0 Å². The Morgan fingerprint density at radius 1 is 1.09 bits per heavy atom. The van der Waals surface area contributed by atoms with Crippen LogP contribution in [0, 0.1) is 11.6 Å². The molecule has 22 heavy (non-hydrogen) atoms. The van der Waals surface area contributed by atoms with E-state index < -0.39 is 17.6 Å². The first-order valence-corrected chi connectivity index (χ1v) is 6.81. The lowest BCUT2D eigenvalue weighted by Crippen LogP contribution is -2.24. The van der Waals surface area contributed by atoms with Crippen LogP contribution in [-0.4, -0.2) is 12.7 Å². The lowest BCUT2D eigenvalue weighted by Gasteiger charge is -2.26. The molecule has 1 unspecified atom stereocenters. The predicted molar refractivity (Wildman–Crippen MR) is 74.0 cm³/mol. The molecule has 1 atom stereocenters. The Balaban J connectivity index is 1.89. The van der Waals surface area contributed by atoms with E-state index in [1.165, 1.54) is 12.1 Å². The number of hydrogen-bond acceptors (Lipinski definition) is 3. The maximum absolute atomic E-state index is 14.1. The number of carbonyl (C=O) groups is 1. The molecule has 2 aromatic rings. The topological polar surface area (TPSA) is 47.6 Å². The van der Waals surface area contributed by atoms with Crippen LogP contribution in [0.25, 0.3) is 0 Å². The van der Waals surface area contributed by atoms with Gasteiger partial charge in [0, 0.05) is 24.1 Å².